The normalized spacial score (nSPS) is 15.2. The Labute approximate surface area is 150 Å². The molecule has 0 saturated carbocycles. The molecule has 13 heteroatoms. The quantitative estimate of drug-likeness (QED) is 0.518. The molecule has 0 saturated heterocycles. The molecule has 0 aromatic heterocycles. The minimum atomic E-state index is -7.45. The molecular weight excluding hydrogens is 419 g/mol. The van der Waals surface area contributed by atoms with Crippen molar-refractivity contribution < 1.29 is 53.0 Å². The molecule has 1 atom stereocenters. The van der Waals surface area contributed by atoms with Crippen LogP contribution in [0.5, 0.6) is 0 Å². The van der Waals surface area contributed by atoms with Crippen LogP contribution in [-0.4, -0.2) is 37.0 Å². The Balaban J connectivity index is 3.28. The Kier molecular flexibility index (Phi) is 6.31. The Morgan fingerprint density at radius 1 is 0.821 bits per heavy atom. The Hall–Kier alpha value is -2.10. The van der Waals surface area contributed by atoms with Crippen LogP contribution in [0.1, 0.15) is 23.7 Å². The molecule has 28 heavy (non-hydrogen) atoms. The van der Waals surface area contributed by atoms with Crippen molar-refractivity contribution in [3.05, 3.63) is 35.4 Å². The van der Waals surface area contributed by atoms with Gasteiger partial charge in [0, 0.05) is 13.5 Å². The van der Waals surface area contributed by atoms with Gasteiger partial charge in [-0.05, 0) is 17.7 Å². The summed E-state index contributed by atoms with van der Waals surface area (Å²) in [5.41, 5.74) is -0.324. The van der Waals surface area contributed by atoms with Gasteiger partial charge >= 0.3 is 29.9 Å². The zero-order valence-corrected chi connectivity index (χ0v) is 13.6. The molecule has 1 rings (SSSR count). The fourth-order valence-electron chi connectivity index (χ4n) is 2.08. The molecule has 0 amide bonds. The average Bonchev–Trinajstić information content (AvgIpc) is 2.58. The predicted molar refractivity (Wildman–Crippen MR) is 71.4 cm³/mol. The van der Waals surface area contributed by atoms with E-state index in [9.17, 15) is 48.3 Å². The van der Waals surface area contributed by atoms with Crippen LogP contribution in [0.3, 0.4) is 0 Å². The highest BCUT2D eigenvalue weighted by molar-refractivity contribution is 5.32. The fraction of sp³-hybridized carbons (Fsp3) is 0.533. The lowest BCUT2D eigenvalue weighted by Crippen LogP contribution is -2.66. The first-order valence-corrected chi connectivity index (χ1v) is 7.07. The molecule has 0 aliphatic carbocycles. The third kappa shape index (κ3) is 3.87. The van der Waals surface area contributed by atoms with Crippen molar-refractivity contribution in [2.24, 2.45) is 0 Å². The van der Waals surface area contributed by atoms with Crippen LogP contribution in [0.15, 0.2) is 24.3 Å². The van der Waals surface area contributed by atoms with Gasteiger partial charge in [0.1, 0.15) is 0 Å². The first kappa shape index (κ1) is 23.9. The second-order valence-electron chi connectivity index (χ2n) is 5.59. The zero-order chi connectivity index (χ0) is 22.2. The fourth-order valence-corrected chi connectivity index (χ4v) is 2.08. The molecule has 0 fully saturated rings. The molecule has 1 aromatic rings. The number of nitriles is 1. The molecule has 1 aromatic carbocycles. The summed E-state index contributed by atoms with van der Waals surface area (Å²) in [7, 11) is 0.694. The van der Waals surface area contributed by atoms with Gasteiger partial charge in [0.25, 0.3) is 0 Å². The number of hydrogen-bond acceptors (Lipinski definition) is 2. The van der Waals surface area contributed by atoms with E-state index < -0.39 is 42.4 Å². The average molecular weight is 429 g/mol. The van der Waals surface area contributed by atoms with Crippen LogP contribution in [0.2, 0.25) is 0 Å². The van der Waals surface area contributed by atoms with E-state index in [0.717, 1.165) is 24.3 Å². The van der Waals surface area contributed by atoms with E-state index in [1.807, 2.05) is 0 Å². The van der Waals surface area contributed by atoms with E-state index in [2.05, 4.69) is 4.74 Å². The molecule has 158 valence electrons. The van der Waals surface area contributed by atoms with E-state index in [-0.39, 0.29) is 11.1 Å². The first-order valence-electron chi connectivity index (χ1n) is 7.07. The summed E-state index contributed by atoms with van der Waals surface area (Å²) in [6, 6.07) is 5.57. The number of nitrogens with zero attached hydrogens (tertiary/aromatic N) is 1. The summed E-state index contributed by atoms with van der Waals surface area (Å²) in [6.07, 6.45) is -11.6. The number of halogens is 11. The van der Waals surface area contributed by atoms with Gasteiger partial charge in [-0.1, -0.05) is 12.1 Å². The summed E-state index contributed by atoms with van der Waals surface area (Å²) in [5.74, 6) is -28.0. The minimum absolute atomic E-state index is 0.00652. The van der Waals surface area contributed by atoms with Crippen LogP contribution in [0.4, 0.5) is 48.3 Å². The highest BCUT2D eigenvalue weighted by Gasteiger charge is 2.87. The van der Waals surface area contributed by atoms with Gasteiger partial charge in [-0.3, -0.25) is 0 Å². The van der Waals surface area contributed by atoms with E-state index in [1.165, 1.54) is 0 Å². The summed E-state index contributed by atoms with van der Waals surface area (Å²) >= 11 is 0. The number of rotatable bonds is 7. The molecule has 0 radical (unpaired) electrons. The molecule has 0 N–H and O–H groups in total. The summed E-state index contributed by atoms with van der Waals surface area (Å²) in [5, 5.41) is 8.60. The van der Waals surface area contributed by atoms with Crippen LogP contribution in [0.25, 0.3) is 0 Å². The molecule has 0 aliphatic rings. The maximum Gasteiger partial charge on any atom is 0.460 e. The summed E-state index contributed by atoms with van der Waals surface area (Å²) in [4.78, 5) is 0. The van der Waals surface area contributed by atoms with E-state index in [0.29, 0.717) is 7.11 Å². The van der Waals surface area contributed by atoms with Gasteiger partial charge in [-0.25, -0.2) is 0 Å². The van der Waals surface area contributed by atoms with Crippen LogP contribution in [0, 0.1) is 11.3 Å². The van der Waals surface area contributed by atoms with Crippen molar-refractivity contribution in [1.29, 1.82) is 5.26 Å². The first-order chi connectivity index (χ1) is 12.5. The predicted octanol–water partition coefficient (Wildman–Crippen LogP) is 5.74. The zero-order valence-electron chi connectivity index (χ0n) is 13.6. The maximum absolute atomic E-state index is 13.8. The minimum Gasteiger partial charge on any atom is -0.377 e. The van der Waals surface area contributed by atoms with Crippen LogP contribution in [-0.2, 0) is 4.74 Å². The number of ether oxygens (including phenoxy) is 1. The summed E-state index contributed by atoms with van der Waals surface area (Å²) in [6.45, 7) is 0. The highest BCUT2D eigenvalue weighted by atomic mass is 19.4. The van der Waals surface area contributed by atoms with Gasteiger partial charge in [0.15, 0.2) is 0 Å². The lowest BCUT2D eigenvalue weighted by Gasteiger charge is -2.38. The van der Waals surface area contributed by atoms with Crippen molar-refractivity contribution >= 4 is 0 Å². The molecule has 0 spiro atoms. The topological polar surface area (TPSA) is 33.0 Å². The SMILES string of the molecule is COC(CC(F)(F)C(F)(F)C(F)(F)C(F)(F)C(F)(F)F)c1ccc(C#N)cc1. The van der Waals surface area contributed by atoms with Crippen molar-refractivity contribution in [3.8, 4) is 6.07 Å². The van der Waals surface area contributed by atoms with E-state index in [1.54, 1.807) is 6.07 Å². The van der Waals surface area contributed by atoms with Gasteiger partial charge in [0.2, 0.25) is 0 Å². The second-order valence-corrected chi connectivity index (χ2v) is 5.59. The highest BCUT2D eigenvalue weighted by Crippen LogP contribution is 2.58. The molecule has 2 nitrogen and oxygen atoms in total. The summed E-state index contributed by atoms with van der Waals surface area (Å²) < 4.78 is 147. The molecular formula is C15H10F11NO. The Bertz CT molecular complexity index is 719. The number of hydrogen-bond donors (Lipinski definition) is 0. The Morgan fingerprint density at radius 3 is 1.64 bits per heavy atom. The van der Waals surface area contributed by atoms with Gasteiger partial charge in [-0.15, -0.1) is 0 Å². The van der Waals surface area contributed by atoms with Gasteiger partial charge in [-0.2, -0.15) is 53.6 Å². The van der Waals surface area contributed by atoms with Crippen LogP contribution >= 0.6 is 0 Å². The van der Waals surface area contributed by atoms with Crippen LogP contribution < -0.4 is 0 Å². The number of methoxy groups -OCH3 is 1. The third-order valence-corrected chi connectivity index (χ3v) is 3.74. The van der Waals surface area contributed by atoms with E-state index >= 15 is 0 Å². The Morgan fingerprint density at radius 2 is 1.29 bits per heavy atom. The maximum atomic E-state index is 13.8. The monoisotopic (exact) mass is 429 g/mol. The molecule has 0 bridgehead atoms. The van der Waals surface area contributed by atoms with Crippen molar-refractivity contribution in [2.75, 3.05) is 7.11 Å². The standard InChI is InChI=1S/C15H10F11NO/c1-28-10(9-4-2-8(7-27)3-5-9)6-11(16,17)12(18,19)13(20,21)14(22,23)15(24,25)26/h2-5,10H,6H2,1H3. The molecule has 0 heterocycles. The van der Waals surface area contributed by atoms with Crippen molar-refractivity contribution in [3.63, 3.8) is 0 Å². The lowest BCUT2D eigenvalue weighted by molar-refractivity contribution is -0.423. The second kappa shape index (κ2) is 7.38. The number of benzene rings is 1. The lowest BCUT2D eigenvalue weighted by atomic mass is 9.92. The van der Waals surface area contributed by atoms with E-state index in [4.69, 9.17) is 5.26 Å². The third-order valence-electron chi connectivity index (χ3n) is 3.74. The smallest absolute Gasteiger partial charge is 0.377 e. The van der Waals surface area contributed by atoms with Crippen molar-refractivity contribution in [2.45, 2.75) is 42.4 Å². The van der Waals surface area contributed by atoms with Gasteiger partial charge < -0.3 is 4.74 Å². The van der Waals surface area contributed by atoms with Crippen molar-refractivity contribution in [1.82, 2.24) is 0 Å². The van der Waals surface area contributed by atoms with Gasteiger partial charge in [0.05, 0.1) is 17.7 Å². The molecule has 1 unspecified atom stereocenters. The largest absolute Gasteiger partial charge is 0.460 e. The molecule has 0 aliphatic heterocycles. The number of alkyl halides is 11.